The van der Waals surface area contributed by atoms with Crippen LogP contribution >= 0.6 is 0 Å². The Hall–Kier alpha value is -5.62. The van der Waals surface area contributed by atoms with E-state index < -0.39 is 5.60 Å². The normalized spacial score (nSPS) is 24.5. The summed E-state index contributed by atoms with van der Waals surface area (Å²) in [5, 5.41) is 3.65. The number of rotatable bonds is 7. The first-order valence-electron chi connectivity index (χ1n) is 20.0. The van der Waals surface area contributed by atoms with Crippen LogP contribution in [-0.4, -0.2) is 81.8 Å². The zero-order valence-electron chi connectivity index (χ0n) is 33.2. The van der Waals surface area contributed by atoms with E-state index in [0.29, 0.717) is 19.8 Å². The van der Waals surface area contributed by atoms with Gasteiger partial charge in [0, 0.05) is 31.2 Å². The van der Waals surface area contributed by atoms with Gasteiger partial charge < -0.3 is 29.2 Å². The van der Waals surface area contributed by atoms with E-state index in [4.69, 9.17) is 28.9 Å². The molecule has 12 nitrogen and oxygen atoms in total. The van der Waals surface area contributed by atoms with Crippen LogP contribution in [-0.2, 0) is 27.4 Å². The third-order valence-corrected chi connectivity index (χ3v) is 11.7. The number of H-pyrrole nitrogens is 1. The maximum absolute atomic E-state index is 13.4. The molecule has 12 heteroatoms. The van der Waals surface area contributed by atoms with Crippen molar-refractivity contribution in [1.82, 2.24) is 25.1 Å². The van der Waals surface area contributed by atoms with E-state index in [9.17, 15) is 9.59 Å². The number of benzene rings is 3. The molecule has 6 atom stereocenters. The zero-order chi connectivity index (χ0) is 39.4. The van der Waals surface area contributed by atoms with Gasteiger partial charge in [-0.15, -0.1) is 0 Å². The highest BCUT2D eigenvalue weighted by Gasteiger charge is 2.44. The summed E-state index contributed by atoms with van der Waals surface area (Å²) in [5.41, 5.74) is 7.71. The Balaban J connectivity index is 0.928. The molecule has 2 unspecified atom stereocenters. The van der Waals surface area contributed by atoms with Crippen LogP contribution in [0.3, 0.4) is 0 Å². The molecule has 1 aromatic heterocycles. The molecule has 2 fully saturated rings. The monoisotopic (exact) mass is 770 g/mol. The van der Waals surface area contributed by atoms with Crippen molar-refractivity contribution >= 4 is 24.1 Å². The van der Waals surface area contributed by atoms with Gasteiger partial charge in [0.25, 0.3) is 0 Å². The first kappa shape index (κ1) is 37.0. The molecular weight excluding hydrogens is 721 g/mol. The van der Waals surface area contributed by atoms with Gasteiger partial charge in [0.2, 0.25) is 0 Å². The summed E-state index contributed by atoms with van der Waals surface area (Å²) in [4.78, 5) is 43.8. The fourth-order valence-electron chi connectivity index (χ4n) is 9.03. The van der Waals surface area contributed by atoms with Gasteiger partial charge in [-0.2, -0.15) is 0 Å². The second kappa shape index (κ2) is 14.7. The number of hydrogen-bond donors (Lipinski definition) is 2. The highest BCUT2D eigenvalue weighted by molar-refractivity contribution is 5.94. The number of amides is 2. The molecule has 1 aliphatic carbocycles. The largest absolute Gasteiger partial charge is 0.488 e. The molecule has 9 rings (SSSR count). The van der Waals surface area contributed by atoms with Crippen LogP contribution in [0.25, 0.3) is 28.5 Å². The van der Waals surface area contributed by atoms with E-state index >= 15 is 0 Å². The number of aromatic nitrogens is 2. The number of methoxy groups -OCH3 is 1. The zero-order valence-corrected chi connectivity index (χ0v) is 33.2. The number of carbonyl (C=O) groups is 2. The summed E-state index contributed by atoms with van der Waals surface area (Å²) >= 11 is 0. The lowest BCUT2D eigenvalue weighted by molar-refractivity contribution is 0.0208. The number of aliphatic imine (C=N–C) groups is 1. The molecule has 3 aromatic carbocycles. The van der Waals surface area contributed by atoms with Crippen molar-refractivity contribution in [3.05, 3.63) is 101 Å². The molecule has 0 saturated carbocycles. The van der Waals surface area contributed by atoms with Crippen LogP contribution < -0.4 is 10.1 Å². The smallest absolute Gasteiger partial charge is 0.410 e. The third kappa shape index (κ3) is 7.15. The molecule has 5 heterocycles. The minimum absolute atomic E-state index is 0.00677. The second-order valence-corrected chi connectivity index (χ2v) is 16.9. The Bertz CT molecular complexity index is 2240. The number of ether oxygens (including phenoxy) is 4. The Kier molecular flexibility index (Phi) is 9.55. The van der Waals surface area contributed by atoms with Gasteiger partial charge in [0.1, 0.15) is 42.3 Å². The molecule has 2 N–H and O–H groups in total. The SMILES string of the molecule is COC[C@H]1C[C@@H](c2ncc(-c3ccc4c(c3)COc3cc5c(cc3-4)C=CC3NC([C@@H]4CC[C@H](C)N4C(=O)OCc4ccccc4)=NC53)[nH]2)N(C(=O)OC(C)(C)C)C1. The molecule has 2 amide bonds. The van der Waals surface area contributed by atoms with Gasteiger partial charge in [-0.3, -0.25) is 14.8 Å². The first-order valence-corrected chi connectivity index (χ1v) is 20.0. The number of carbonyl (C=O) groups excluding carboxylic acids is 2. The van der Waals surface area contributed by atoms with E-state index in [1.54, 1.807) is 12.0 Å². The number of nitrogens with zero attached hydrogens (tertiary/aromatic N) is 4. The maximum Gasteiger partial charge on any atom is 0.410 e. The van der Waals surface area contributed by atoms with Crippen molar-refractivity contribution in [3.8, 4) is 28.1 Å². The van der Waals surface area contributed by atoms with E-state index in [1.807, 2.05) is 62.2 Å². The Morgan fingerprint density at radius 1 is 1.00 bits per heavy atom. The lowest BCUT2D eigenvalue weighted by Gasteiger charge is -2.28. The predicted molar refractivity (Wildman–Crippen MR) is 217 cm³/mol. The summed E-state index contributed by atoms with van der Waals surface area (Å²) in [7, 11) is 1.69. The van der Waals surface area contributed by atoms with Crippen LogP contribution in [0.1, 0.15) is 87.1 Å². The van der Waals surface area contributed by atoms with Gasteiger partial charge in [-0.25, -0.2) is 14.6 Å². The molecule has 4 aromatic rings. The van der Waals surface area contributed by atoms with Crippen molar-refractivity contribution in [2.45, 2.75) is 96.0 Å². The number of imidazole rings is 1. The molecule has 4 aliphatic heterocycles. The van der Waals surface area contributed by atoms with Crippen LogP contribution in [0, 0.1) is 5.92 Å². The summed E-state index contributed by atoms with van der Waals surface area (Å²) < 4.78 is 23.4. The number of aromatic amines is 1. The minimum Gasteiger partial charge on any atom is -0.488 e. The van der Waals surface area contributed by atoms with E-state index in [2.05, 4.69) is 59.7 Å². The summed E-state index contributed by atoms with van der Waals surface area (Å²) in [6.45, 7) is 9.50. The number of hydrogen-bond acceptors (Lipinski definition) is 9. The molecule has 57 heavy (non-hydrogen) atoms. The molecule has 296 valence electrons. The van der Waals surface area contributed by atoms with Gasteiger partial charge in [0.05, 0.1) is 36.6 Å². The van der Waals surface area contributed by atoms with Gasteiger partial charge >= 0.3 is 12.2 Å². The highest BCUT2D eigenvalue weighted by atomic mass is 16.6. The van der Waals surface area contributed by atoms with Gasteiger partial charge in [-0.05, 0) is 98.5 Å². The summed E-state index contributed by atoms with van der Waals surface area (Å²) in [5.74, 6) is 2.60. The van der Waals surface area contributed by atoms with Crippen molar-refractivity contribution < 1.29 is 28.5 Å². The van der Waals surface area contributed by atoms with Crippen molar-refractivity contribution in [2.24, 2.45) is 10.9 Å². The molecule has 0 bridgehead atoms. The molecule has 2 saturated heterocycles. The highest BCUT2D eigenvalue weighted by Crippen LogP contribution is 2.46. The quantitative estimate of drug-likeness (QED) is 0.192. The second-order valence-electron chi connectivity index (χ2n) is 16.9. The maximum atomic E-state index is 13.4. The fourth-order valence-corrected chi connectivity index (χ4v) is 9.03. The lowest BCUT2D eigenvalue weighted by Crippen LogP contribution is -2.48. The van der Waals surface area contributed by atoms with E-state index in [0.717, 1.165) is 81.3 Å². The molecule has 5 aliphatic rings. The van der Waals surface area contributed by atoms with Crippen LogP contribution in [0.5, 0.6) is 5.75 Å². The van der Waals surface area contributed by atoms with Crippen molar-refractivity contribution in [1.29, 1.82) is 0 Å². The Morgan fingerprint density at radius 2 is 1.84 bits per heavy atom. The van der Waals surface area contributed by atoms with Gasteiger partial charge in [0.15, 0.2) is 0 Å². The molecule has 0 radical (unpaired) electrons. The Labute approximate surface area is 333 Å². The van der Waals surface area contributed by atoms with Gasteiger partial charge in [-0.1, -0.05) is 54.6 Å². The summed E-state index contributed by atoms with van der Waals surface area (Å²) in [6.07, 6.45) is 7.99. The lowest BCUT2D eigenvalue weighted by atomic mass is 9.86. The standard InChI is InChI=1S/C45H50N6O6/c1-26-11-16-37(51(26)44(53)56-24-27-9-7-6-8-10-27)42-47-35-15-13-29-19-34-32-14-12-30(18-31(32)25-55-39(34)20-33(29)40(35)49-42)36-21-46-41(48-36)38-17-28(23-54-5)22-50(38)43(52)57-45(2,3)4/h6-10,12-15,18-21,26,28,35,37-38,40H,11,16-17,22-25H2,1-5H3,(H,46,48)(H,47,49)/t26-,28-,35?,37-,38-,40?/m0/s1. The average molecular weight is 771 g/mol. The van der Waals surface area contributed by atoms with Crippen molar-refractivity contribution in [2.75, 3.05) is 20.3 Å². The average Bonchev–Trinajstić information content (AvgIpc) is 4.01. The fraction of sp³-hybridized carbons (Fsp3) is 0.422. The number of amidine groups is 1. The minimum atomic E-state index is -0.597. The van der Waals surface area contributed by atoms with E-state index in [1.165, 1.54) is 0 Å². The predicted octanol–water partition coefficient (Wildman–Crippen LogP) is 8.21. The first-order chi connectivity index (χ1) is 27.5. The van der Waals surface area contributed by atoms with Crippen LogP contribution in [0.2, 0.25) is 0 Å². The molecular formula is C45H50N6O6. The number of likely N-dealkylation sites (tertiary alicyclic amines) is 2. The molecule has 0 spiro atoms. The van der Waals surface area contributed by atoms with E-state index in [-0.39, 0.29) is 54.9 Å². The topological polar surface area (TPSA) is 131 Å². The van der Waals surface area contributed by atoms with Crippen LogP contribution in [0.4, 0.5) is 9.59 Å². The number of nitrogens with one attached hydrogen (secondary N) is 2. The third-order valence-electron chi connectivity index (χ3n) is 11.7. The Morgan fingerprint density at radius 3 is 2.65 bits per heavy atom. The summed E-state index contributed by atoms with van der Waals surface area (Å²) in [6, 6.07) is 20.1. The van der Waals surface area contributed by atoms with Crippen LogP contribution in [0.15, 0.2) is 77.9 Å². The van der Waals surface area contributed by atoms with Crippen molar-refractivity contribution in [3.63, 3.8) is 0 Å². The number of fused-ring (bicyclic) bond motifs is 6.